The van der Waals surface area contributed by atoms with Gasteiger partial charge in [0.05, 0.1) is 0 Å². The smallest absolute Gasteiger partial charge is 0.303 e. The summed E-state index contributed by atoms with van der Waals surface area (Å²) in [5.74, 6) is -0.0720. The molecule has 0 radical (unpaired) electrons. The topological polar surface area (TPSA) is 46.5 Å². The van der Waals surface area contributed by atoms with E-state index < -0.39 is 5.97 Å². The molecular formula is C16H15BrO3. The molecule has 0 fully saturated rings. The predicted octanol–water partition coefficient (Wildman–Crippen LogP) is 4.05. The maximum Gasteiger partial charge on any atom is 0.303 e. The highest BCUT2D eigenvalue weighted by atomic mass is 79.9. The van der Waals surface area contributed by atoms with Crippen LogP contribution in [0.15, 0.2) is 53.0 Å². The number of aliphatic carboxylic acids is 1. The van der Waals surface area contributed by atoms with Crippen LogP contribution >= 0.6 is 15.9 Å². The molecular weight excluding hydrogens is 320 g/mol. The molecule has 20 heavy (non-hydrogen) atoms. The van der Waals surface area contributed by atoms with Crippen LogP contribution in [-0.2, 0) is 17.8 Å². The van der Waals surface area contributed by atoms with Crippen molar-refractivity contribution >= 4 is 21.9 Å². The van der Waals surface area contributed by atoms with Gasteiger partial charge < -0.3 is 9.84 Å². The maximum absolute atomic E-state index is 10.7. The molecule has 0 saturated heterocycles. The fourth-order valence-electron chi connectivity index (χ4n) is 1.86. The summed E-state index contributed by atoms with van der Waals surface area (Å²) in [7, 11) is 0. The number of hydrogen-bond acceptors (Lipinski definition) is 2. The van der Waals surface area contributed by atoms with Gasteiger partial charge in [-0.2, -0.15) is 0 Å². The van der Waals surface area contributed by atoms with Gasteiger partial charge in [0.1, 0.15) is 12.4 Å². The zero-order chi connectivity index (χ0) is 14.4. The van der Waals surface area contributed by atoms with Crippen molar-refractivity contribution in [1.82, 2.24) is 0 Å². The third-order valence-electron chi connectivity index (χ3n) is 2.87. The van der Waals surface area contributed by atoms with Crippen LogP contribution in [0.3, 0.4) is 0 Å². The van der Waals surface area contributed by atoms with Gasteiger partial charge in [0.2, 0.25) is 0 Å². The molecule has 2 rings (SSSR count). The Hall–Kier alpha value is -1.81. The van der Waals surface area contributed by atoms with Crippen molar-refractivity contribution in [2.75, 3.05) is 0 Å². The van der Waals surface area contributed by atoms with E-state index in [1.165, 1.54) is 0 Å². The molecule has 2 aromatic carbocycles. The average molecular weight is 335 g/mol. The molecule has 0 aliphatic heterocycles. The number of hydrogen-bond donors (Lipinski definition) is 1. The van der Waals surface area contributed by atoms with Gasteiger partial charge in [-0.05, 0) is 35.7 Å². The number of carbonyl (C=O) groups is 1. The highest BCUT2D eigenvalue weighted by molar-refractivity contribution is 9.10. The Bertz CT molecular complexity index is 582. The van der Waals surface area contributed by atoms with E-state index in [9.17, 15) is 4.79 Å². The Morgan fingerprint density at radius 1 is 1.15 bits per heavy atom. The first-order chi connectivity index (χ1) is 9.65. The van der Waals surface area contributed by atoms with Crippen molar-refractivity contribution in [3.05, 3.63) is 64.1 Å². The van der Waals surface area contributed by atoms with E-state index >= 15 is 0 Å². The standard InChI is InChI=1S/C16H15BrO3/c17-14-7-8-15(13(10-14)6-9-16(18)19)20-11-12-4-2-1-3-5-12/h1-5,7-8,10H,6,9,11H2,(H,18,19). The van der Waals surface area contributed by atoms with Crippen LogP contribution in [0.5, 0.6) is 5.75 Å². The van der Waals surface area contributed by atoms with Crippen LogP contribution in [0.2, 0.25) is 0 Å². The van der Waals surface area contributed by atoms with Crippen LogP contribution < -0.4 is 4.74 Å². The summed E-state index contributed by atoms with van der Waals surface area (Å²) in [6.07, 6.45) is 0.553. The molecule has 0 aliphatic carbocycles. The van der Waals surface area contributed by atoms with Crippen molar-refractivity contribution in [2.24, 2.45) is 0 Å². The highest BCUT2D eigenvalue weighted by Gasteiger charge is 2.07. The number of ether oxygens (including phenoxy) is 1. The Labute approximate surface area is 126 Å². The Balaban J connectivity index is 2.08. The molecule has 0 atom stereocenters. The lowest BCUT2D eigenvalue weighted by molar-refractivity contribution is -0.136. The Morgan fingerprint density at radius 2 is 1.90 bits per heavy atom. The van der Waals surface area contributed by atoms with E-state index in [1.54, 1.807) is 0 Å². The minimum absolute atomic E-state index is 0.0954. The van der Waals surface area contributed by atoms with Gasteiger partial charge in [-0.15, -0.1) is 0 Å². The van der Waals surface area contributed by atoms with Crippen molar-refractivity contribution in [2.45, 2.75) is 19.4 Å². The minimum Gasteiger partial charge on any atom is -0.489 e. The second kappa shape index (κ2) is 7.10. The minimum atomic E-state index is -0.806. The van der Waals surface area contributed by atoms with E-state index in [0.29, 0.717) is 13.0 Å². The number of benzene rings is 2. The van der Waals surface area contributed by atoms with Gasteiger partial charge in [0.15, 0.2) is 0 Å². The van der Waals surface area contributed by atoms with Crippen LogP contribution in [0, 0.1) is 0 Å². The van der Waals surface area contributed by atoms with Gasteiger partial charge in [-0.25, -0.2) is 0 Å². The molecule has 4 heteroatoms. The van der Waals surface area contributed by atoms with E-state index in [2.05, 4.69) is 15.9 Å². The maximum atomic E-state index is 10.7. The first-order valence-electron chi connectivity index (χ1n) is 6.32. The Morgan fingerprint density at radius 3 is 2.60 bits per heavy atom. The average Bonchev–Trinajstić information content (AvgIpc) is 2.45. The molecule has 0 heterocycles. The SMILES string of the molecule is O=C(O)CCc1cc(Br)ccc1OCc1ccccc1. The van der Waals surface area contributed by atoms with Crippen LogP contribution in [0.1, 0.15) is 17.5 Å². The second-order valence-electron chi connectivity index (χ2n) is 4.42. The molecule has 2 aromatic rings. The predicted molar refractivity (Wildman–Crippen MR) is 80.9 cm³/mol. The zero-order valence-electron chi connectivity index (χ0n) is 10.9. The first-order valence-corrected chi connectivity index (χ1v) is 7.11. The molecule has 0 amide bonds. The lowest BCUT2D eigenvalue weighted by atomic mass is 10.1. The van der Waals surface area contributed by atoms with Gasteiger partial charge in [0, 0.05) is 10.9 Å². The van der Waals surface area contributed by atoms with Crippen molar-refractivity contribution in [3.8, 4) is 5.75 Å². The largest absolute Gasteiger partial charge is 0.489 e. The third kappa shape index (κ3) is 4.38. The van der Waals surface area contributed by atoms with Crippen LogP contribution in [-0.4, -0.2) is 11.1 Å². The Kier molecular flexibility index (Phi) is 5.18. The number of aryl methyl sites for hydroxylation is 1. The number of carboxylic acid groups (broad SMARTS) is 1. The third-order valence-corrected chi connectivity index (χ3v) is 3.36. The zero-order valence-corrected chi connectivity index (χ0v) is 12.5. The molecule has 3 nitrogen and oxygen atoms in total. The lowest BCUT2D eigenvalue weighted by Gasteiger charge is -2.11. The fraction of sp³-hybridized carbons (Fsp3) is 0.188. The summed E-state index contributed by atoms with van der Waals surface area (Å²) in [4.78, 5) is 10.7. The normalized spacial score (nSPS) is 10.2. The summed E-state index contributed by atoms with van der Waals surface area (Å²) in [5.41, 5.74) is 1.98. The molecule has 1 N–H and O–H groups in total. The second-order valence-corrected chi connectivity index (χ2v) is 5.34. The van der Waals surface area contributed by atoms with Crippen LogP contribution in [0.4, 0.5) is 0 Å². The van der Waals surface area contributed by atoms with E-state index in [1.807, 2.05) is 48.5 Å². The molecule has 0 aliphatic rings. The molecule has 0 unspecified atom stereocenters. The van der Waals surface area contributed by atoms with Gasteiger partial charge in [-0.1, -0.05) is 46.3 Å². The quantitative estimate of drug-likeness (QED) is 0.866. The van der Waals surface area contributed by atoms with Gasteiger partial charge in [0.25, 0.3) is 0 Å². The molecule has 0 spiro atoms. The van der Waals surface area contributed by atoms with Crippen molar-refractivity contribution in [1.29, 1.82) is 0 Å². The number of carboxylic acids is 1. The molecule has 0 bridgehead atoms. The summed E-state index contributed by atoms with van der Waals surface area (Å²) in [6, 6.07) is 15.5. The van der Waals surface area contributed by atoms with E-state index in [4.69, 9.17) is 9.84 Å². The number of halogens is 1. The fourth-order valence-corrected chi connectivity index (χ4v) is 2.27. The number of rotatable bonds is 6. The summed E-state index contributed by atoms with van der Waals surface area (Å²) < 4.78 is 6.72. The monoisotopic (exact) mass is 334 g/mol. The summed E-state index contributed by atoms with van der Waals surface area (Å²) >= 11 is 3.40. The van der Waals surface area contributed by atoms with Gasteiger partial charge >= 0.3 is 5.97 Å². The van der Waals surface area contributed by atoms with Gasteiger partial charge in [-0.3, -0.25) is 4.79 Å². The van der Waals surface area contributed by atoms with Crippen molar-refractivity contribution < 1.29 is 14.6 Å². The van der Waals surface area contributed by atoms with E-state index in [0.717, 1.165) is 21.3 Å². The molecule has 0 aromatic heterocycles. The summed E-state index contributed by atoms with van der Waals surface area (Å²) in [6.45, 7) is 0.475. The highest BCUT2D eigenvalue weighted by Crippen LogP contribution is 2.25. The van der Waals surface area contributed by atoms with E-state index in [-0.39, 0.29) is 6.42 Å². The lowest BCUT2D eigenvalue weighted by Crippen LogP contribution is -2.02. The van der Waals surface area contributed by atoms with Crippen LogP contribution in [0.25, 0.3) is 0 Å². The first kappa shape index (κ1) is 14.6. The van der Waals surface area contributed by atoms with Crippen molar-refractivity contribution in [3.63, 3.8) is 0 Å². The molecule has 104 valence electrons. The summed E-state index contributed by atoms with van der Waals surface area (Å²) in [5, 5.41) is 8.79. The molecule has 0 saturated carbocycles.